The molecule has 96 valence electrons. The van der Waals surface area contributed by atoms with Gasteiger partial charge >= 0.3 is 0 Å². The van der Waals surface area contributed by atoms with Gasteiger partial charge in [0.2, 0.25) is 0 Å². The van der Waals surface area contributed by atoms with E-state index in [4.69, 9.17) is 21.6 Å². The van der Waals surface area contributed by atoms with E-state index in [0.29, 0.717) is 22.9 Å². The van der Waals surface area contributed by atoms with Gasteiger partial charge in [0, 0.05) is 10.8 Å². The Morgan fingerprint density at radius 2 is 1.95 bits per heavy atom. The smallest absolute Gasteiger partial charge is 0.145 e. The first-order valence-corrected chi connectivity index (χ1v) is 7.43. The zero-order valence-electron chi connectivity index (χ0n) is 10.4. The number of hydrogen-bond acceptors (Lipinski definition) is 3. The lowest BCUT2D eigenvalue weighted by Gasteiger charge is -2.08. The molecule has 0 heterocycles. The molecule has 0 amide bonds. The highest BCUT2D eigenvalue weighted by molar-refractivity contribution is 7.98. The van der Waals surface area contributed by atoms with E-state index in [1.807, 2.05) is 36.6 Å². The predicted molar refractivity (Wildman–Crippen MR) is 79.0 cm³/mol. The number of ether oxygens (including phenoxy) is 1. The van der Waals surface area contributed by atoms with Gasteiger partial charge in [-0.2, -0.15) is 5.26 Å². The topological polar surface area (TPSA) is 33.0 Å². The molecule has 19 heavy (non-hydrogen) atoms. The fraction of sp³-hybridized carbons (Fsp3) is 0.133. The van der Waals surface area contributed by atoms with Crippen molar-refractivity contribution in [1.29, 1.82) is 5.26 Å². The van der Waals surface area contributed by atoms with Crippen LogP contribution in [0.5, 0.6) is 11.5 Å². The van der Waals surface area contributed by atoms with Crippen LogP contribution >= 0.6 is 23.4 Å². The zero-order valence-corrected chi connectivity index (χ0v) is 12.0. The van der Waals surface area contributed by atoms with Crippen LogP contribution in [-0.2, 0) is 5.88 Å². The van der Waals surface area contributed by atoms with Gasteiger partial charge in [-0.25, -0.2) is 0 Å². The van der Waals surface area contributed by atoms with Gasteiger partial charge < -0.3 is 4.74 Å². The standard InChI is InChI=1S/C15H12ClNOS/c1-19-14-5-3-13(4-6-14)18-15-7-2-11(9-16)8-12(15)10-17/h2-8H,9H2,1H3. The lowest BCUT2D eigenvalue weighted by atomic mass is 10.1. The molecule has 0 radical (unpaired) electrons. The van der Waals surface area contributed by atoms with Crippen molar-refractivity contribution in [3.63, 3.8) is 0 Å². The Bertz CT molecular complexity index is 605. The molecule has 0 aromatic heterocycles. The van der Waals surface area contributed by atoms with Crippen LogP contribution in [0.4, 0.5) is 0 Å². The van der Waals surface area contributed by atoms with Crippen molar-refractivity contribution < 1.29 is 4.74 Å². The Hall–Kier alpha value is -1.63. The number of hydrogen-bond donors (Lipinski definition) is 0. The SMILES string of the molecule is CSc1ccc(Oc2ccc(CCl)cc2C#N)cc1. The van der Waals surface area contributed by atoms with Crippen molar-refractivity contribution in [1.82, 2.24) is 0 Å². The van der Waals surface area contributed by atoms with E-state index >= 15 is 0 Å². The highest BCUT2D eigenvalue weighted by Crippen LogP contribution is 2.27. The van der Waals surface area contributed by atoms with E-state index in [1.54, 1.807) is 23.9 Å². The molecule has 2 nitrogen and oxygen atoms in total. The van der Waals surface area contributed by atoms with Crippen LogP contribution in [0.2, 0.25) is 0 Å². The summed E-state index contributed by atoms with van der Waals surface area (Å²) in [6, 6.07) is 15.3. The lowest BCUT2D eigenvalue weighted by molar-refractivity contribution is 0.480. The first kappa shape index (κ1) is 13.8. The average Bonchev–Trinajstić information content (AvgIpc) is 2.48. The van der Waals surface area contributed by atoms with E-state index < -0.39 is 0 Å². The maximum absolute atomic E-state index is 9.12. The van der Waals surface area contributed by atoms with Crippen molar-refractivity contribution in [2.75, 3.05) is 6.26 Å². The zero-order chi connectivity index (χ0) is 13.7. The van der Waals surface area contributed by atoms with E-state index in [2.05, 4.69) is 6.07 Å². The molecule has 0 aliphatic heterocycles. The van der Waals surface area contributed by atoms with Gasteiger partial charge in [0.1, 0.15) is 17.6 Å². The molecule has 0 saturated carbocycles. The second kappa shape index (κ2) is 6.51. The van der Waals surface area contributed by atoms with E-state index in [1.165, 1.54) is 4.90 Å². The average molecular weight is 290 g/mol. The van der Waals surface area contributed by atoms with Crippen molar-refractivity contribution >= 4 is 23.4 Å². The van der Waals surface area contributed by atoms with Gasteiger partial charge in [0.15, 0.2) is 0 Å². The van der Waals surface area contributed by atoms with Crippen LogP contribution in [0.1, 0.15) is 11.1 Å². The van der Waals surface area contributed by atoms with Gasteiger partial charge in [-0.1, -0.05) is 6.07 Å². The third-order valence-electron chi connectivity index (χ3n) is 2.61. The maximum atomic E-state index is 9.12. The predicted octanol–water partition coefficient (Wildman–Crippen LogP) is 4.81. The monoisotopic (exact) mass is 289 g/mol. The van der Waals surface area contributed by atoms with Gasteiger partial charge in [0.05, 0.1) is 5.56 Å². The molecule has 0 unspecified atom stereocenters. The Morgan fingerprint density at radius 1 is 1.21 bits per heavy atom. The third-order valence-corrected chi connectivity index (χ3v) is 3.66. The number of benzene rings is 2. The number of rotatable bonds is 4. The number of thioether (sulfide) groups is 1. The second-order valence-corrected chi connectivity index (χ2v) is 5.00. The summed E-state index contributed by atoms with van der Waals surface area (Å²) in [7, 11) is 0. The fourth-order valence-corrected chi connectivity index (χ4v) is 2.18. The Labute approximate surface area is 122 Å². The molecule has 2 aromatic rings. The molecule has 0 N–H and O–H groups in total. The molecule has 0 fully saturated rings. The minimum atomic E-state index is 0.386. The maximum Gasteiger partial charge on any atom is 0.145 e. The number of nitriles is 1. The summed E-state index contributed by atoms with van der Waals surface area (Å²) in [5.74, 6) is 1.65. The first-order chi connectivity index (χ1) is 9.26. The third kappa shape index (κ3) is 3.44. The van der Waals surface area contributed by atoms with Crippen LogP contribution in [0.3, 0.4) is 0 Å². The quantitative estimate of drug-likeness (QED) is 0.598. The van der Waals surface area contributed by atoms with Crippen LogP contribution in [0.25, 0.3) is 0 Å². The summed E-state index contributed by atoms with van der Waals surface area (Å²) in [4.78, 5) is 1.17. The molecule has 0 aliphatic rings. The van der Waals surface area contributed by atoms with Gasteiger partial charge in [-0.05, 0) is 48.2 Å². The number of alkyl halides is 1. The van der Waals surface area contributed by atoms with Crippen LogP contribution < -0.4 is 4.74 Å². The summed E-state index contributed by atoms with van der Waals surface area (Å²) in [5, 5.41) is 9.12. The Morgan fingerprint density at radius 3 is 2.53 bits per heavy atom. The van der Waals surface area contributed by atoms with Crippen LogP contribution in [0, 0.1) is 11.3 Å². The molecule has 2 rings (SSSR count). The van der Waals surface area contributed by atoms with E-state index in [9.17, 15) is 0 Å². The fourth-order valence-electron chi connectivity index (χ4n) is 1.61. The summed E-state index contributed by atoms with van der Waals surface area (Å²) in [6.45, 7) is 0. The molecule has 0 saturated heterocycles. The Kier molecular flexibility index (Phi) is 4.73. The van der Waals surface area contributed by atoms with E-state index in [0.717, 1.165) is 5.56 Å². The highest BCUT2D eigenvalue weighted by atomic mass is 35.5. The lowest BCUT2D eigenvalue weighted by Crippen LogP contribution is -1.90. The van der Waals surface area contributed by atoms with Crippen LogP contribution in [0.15, 0.2) is 47.4 Å². The normalized spacial score (nSPS) is 9.95. The number of halogens is 1. The van der Waals surface area contributed by atoms with Crippen molar-refractivity contribution in [3.8, 4) is 17.6 Å². The minimum Gasteiger partial charge on any atom is -0.456 e. The van der Waals surface area contributed by atoms with Gasteiger partial charge in [0.25, 0.3) is 0 Å². The molecule has 0 bridgehead atoms. The summed E-state index contributed by atoms with van der Waals surface area (Å²) in [6.07, 6.45) is 2.02. The van der Waals surface area contributed by atoms with Crippen molar-refractivity contribution in [2.45, 2.75) is 10.8 Å². The van der Waals surface area contributed by atoms with Crippen molar-refractivity contribution in [2.24, 2.45) is 0 Å². The van der Waals surface area contributed by atoms with E-state index in [-0.39, 0.29) is 0 Å². The minimum absolute atomic E-state index is 0.386. The molecule has 4 heteroatoms. The van der Waals surface area contributed by atoms with Crippen molar-refractivity contribution in [3.05, 3.63) is 53.6 Å². The molecule has 0 atom stereocenters. The Balaban J connectivity index is 2.25. The molecular weight excluding hydrogens is 278 g/mol. The summed E-state index contributed by atoms with van der Waals surface area (Å²) < 4.78 is 5.72. The first-order valence-electron chi connectivity index (χ1n) is 5.67. The summed E-state index contributed by atoms with van der Waals surface area (Å²) >= 11 is 7.42. The number of nitrogens with zero attached hydrogens (tertiary/aromatic N) is 1. The second-order valence-electron chi connectivity index (χ2n) is 3.85. The van der Waals surface area contributed by atoms with Gasteiger partial charge in [-0.3, -0.25) is 0 Å². The molecule has 0 spiro atoms. The van der Waals surface area contributed by atoms with Gasteiger partial charge in [-0.15, -0.1) is 23.4 Å². The molecule has 2 aromatic carbocycles. The molecule has 0 aliphatic carbocycles. The largest absolute Gasteiger partial charge is 0.456 e. The summed E-state index contributed by atoms with van der Waals surface area (Å²) in [5.41, 5.74) is 1.40. The van der Waals surface area contributed by atoms with Crippen LogP contribution in [-0.4, -0.2) is 6.26 Å². The highest BCUT2D eigenvalue weighted by Gasteiger charge is 2.06. The molecular formula is C15H12ClNOS.